The van der Waals surface area contributed by atoms with Gasteiger partial charge >= 0.3 is 0 Å². The van der Waals surface area contributed by atoms with Crippen molar-refractivity contribution in [1.82, 2.24) is 9.97 Å². The summed E-state index contributed by atoms with van der Waals surface area (Å²) >= 11 is 0. The van der Waals surface area contributed by atoms with Crippen LogP contribution in [0.1, 0.15) is 69.0 Å². The van der Waals surface area contributed by atoms with Crippen molar-refractivity contribution in [1.29, 1.82) is 0 Å². The summed E-state index contributed by atoms with van der Waals surface area (Å²) < 4.78 is 5.60. The van der Waals surface area contributed by atoms with Crippen LogP contribution in [0.15, 0.2) is 0 Å². The molecule has 0 radical (unpaired) electrons. The molecule has 1 N–H and O–H groups in total. The Kier molecular flexibility index (Phi) is 4.73. The molecule has 2 aliphatic rings. The van der Waals surface area contributed by atoms with Gasteiger partial charge in [0.05, 0.1) is 18.9 Å². The molecule has 1 aliphatic carbocycles. The van der Waals surface area contributed by atoms with E-state index in [0.29, 0.717) is 12.5 Å². The second-order valence-electron chi connectivity index (χ2n) is 6.54. The van der Waals surface area contributed by atoms with Gasteiger partial charge in [-0.05, 0) is 25.2 Å². The van der Waals surface area contributed by atoms with Crippen LogP contribution in [0.2, 0.25) is 0 Å². The topological polar surface area (TPSA) is 47.0 Å². The molecule has 0 bridgehead atoms. The highest BCUT2D eigenvalue weighted by molar-refractivity contribution is 5.47. The van der Waals surface area contributed by atoms with Crippen molar-refractivity contribution in [2.75, 3.05) is 18.5 Å². The monoisotopic (exact) mass is 289 g/mol. The van der Waals surface area contributed by atoms with Crippen molar-refractivity contribution in [2.24, 2.45) is 5.92 Å². The predicted molar refractivity (Wildman–Crippen MR) is 84.5 cm³/mol. The normalized spacial score (nSPS) is 25.4. The lowest BCUT2D eigenvalue weighted by atomic mass is 9.82. The number of anilines is 1. The zero-order chi connectivity index (χ0) is 14.7. The molecule has 0 atom stereocenters. The Bertz CT molecular complexity index is 481. The van der Waals surface area contributed by atoms with Crippen LogP contribution in [-0.4, -0.2) is 23.1 Å². The molecule has 1 saturated carbocycles. The van der Waals surface area contributed by atoms with E-state index in [-0.39, 0.29) is 0 Å². The molecule has 1 fully saturated rings. The molecule has 1 aliphatic heterocycles. The van der Waals surface area contributed by atoms with Crippen LogP contribution in [0, 0.1) is 5.92 Å². The maximum Gasteiger partial charge on any atom is 0.135 e. The zero-order valence-corrected chi connectivity index (χ0v) is 13.3. The first-order valence-corrected chi connectivity index (χ1v) is 8.49. The molecule has 3 rings (SSSR count). The highest BCUT2D eigenvalue weighted by Gasteiger charge is 2.25. The molecule has 4 nitrogen and oxygen atoms in total. The highest BCUT2D eigenvalue weighted by atomic mass is 16.5. The van der Waals surface area contributed by atoms with Gasteiger partial charge in [-0.1, -0.05) is 26.7 Å². The summed E-state index contributed by atoms with van der Waals surface area (Å²) in [5.41, 5.74) is 2.39. The first-order valence-electron chi connectivity index (χ1n) is 8.49. The van der Waals surface area contributed by atoms with Gasteiger partial charge in [-0.15, -0.1) is 0 Å². The lowest BCUT2D eigenvalue weighted by molar-refractivity contribution is 0.109. The quantitative estimate of drug-likeness (QED) is 0.919. The number of nitrogens with one attached hydrogen (secondary N) is 1. The Morgan fingerprint density at radius 2 is 2.00 bits per heavy atom. The second kappa shape index (κ2) is 6.73. The zero-order valence-electron chi connectivity index (χ0n) is 13.3. The van der Waals surface area contributed by atoms with Crippen LogP contribution >= 0.6 is 0 Å². The molecule has 0 unspecified atom stereocenters. The molecule has 1 aromatic heterocycles. The Morgan fingerprint density at radius 1 is 1.19 bits per heavy atom. The van der Waals surface area contributed by atoms with E-state index in [1.54, 1.807) is 0 Å². The van der Waals surface area contributed by atoms with Crippen molar-refractivity contribution in [2.45, 2.75) is 64.9 Å². The number of ether oxygens (including phenoxy) is 1. The van der Waals surface area contributed by atoms with Gasteiger partial charge < -0.3 is 10.1 Å². The summed E-state index contributed by atoms with van der Waals surface area (Å²) in [6.45, 7) is 6.95. The Morgan fingerprint density at radius 3 is 2.76 bits per heavy atom. The van der Waals surface area contributed by atoms with Gasteiger partial charge in [0.25, 0.3) is 0 Å². The maximum atomic E-state index is 5.60. The van der Waals surface area contributed by atoms with Crippen molar-refractivity contribution >= 4 is 5.82 Å². The number of hydrogen-bond acceptors (Lipinski definition) is 4. The third-order valence-corrected chi connectivity index (χ3v) is 4.76. The fraction of sp³-hybridized carbons (Fsp3) is 0.765. The van der Waals surface area contributed by atoms with E-state index in [9.17, 15) is 0 Å². The SMILES string of the molecule is CCCNc1nc(C2CCC(C)CC2)nc2c1COCC2. The van der Waals surface area contributed by atoms with E-state index >= 15 is 0 Å². The second-order valence-corrected chi connectivity index (χ2v) is 6.54. The summed E-state index contributed by atoms with van der Waals surface area (Å²) in [6.07, 6.45) is 7.13. The van der Waals surface area contributed by atoms with Crippen LogP contribution in [0.4, 0.5) is 5.82 Å². The van der Waals surface area contributed by atoms with Crippen molar-refractivity contribution in [3.63, 3.8) is 0 Å². The molecule has 2 heterocycles. The van der Waals surface area contributed by atoms with E-state index in [2.05, 4.69) is 19.2 Å². The Hall–Kier alpha value is -1.16. The molecule has 116 valence electrons. The summed E-state index contributed by atoms with van der Waals surface area (Å²) in [5, 5.41) is 3.48. The van der Waals surface area contributed by atoms with Crippen LogP contribution in [0.25, 0.3) is 0 Å². The molecular weight excluding hydrogens is 262 g/mol. The van der Waals surface area contributed by atoms with Gasteiger partial charge in [0.15, 0.2) is 0 Å². The fourth-order valence-electron chi connectivity index (χ4n) is 3.34. The summed E-state index contributed by atoms with van der Waals surface area (Å²) in [5.74, 6) is 3.51. The van der Waals surface area contributed by atoms with E-state index < -0.39 is 0 Å². The van der Waals surface area contributed by atoms with Gasteiger partial charge in [0, 0.05) is 24.4 Å². The smallest absolute Gasteiger partial charge is 0.135 e. The van der Waals surface area contributed by atoms with Gasteiger partial charge in [0.2, 0.25) is 0 Å². The third-order valence-electron chi connectivity index (χ3n) is 4.76. The average Bonchev–Trinajstić information content (AvgIpc) is 2.53. The number of aromatic nitrogens is 2. The molecule has 0 amide bonds. The Labute approximate surface area is 127 Å². The number of fused-ring (bicyclic) bond motifs is 1. The number of nitrogens with zero attached hydrogens (tertiary/aromatic N) is 2. The van der Waals surface area contributed by atoms with Crippen LogP contribution < -0.4 is 5.32 Å². The van der Waals surface area contributed by atoms with Gasteiger partial charge in [-0.25, -0.2) is 9.97 Å². The first-order chi connectivity index (χ1) is 10.3. The molecule has 4 heteroatoms. The minimum Gasteiger partial charge on any atom is -0.376 e. The van der Waals surface area contributed by atoms with Crippen LogP contribution in [0.3, 0.4) is 0 Å². The summed E-state index contributed by atoms with van der Waals surface area (Å²) in [6, 6.07) is 0. The molecule has 0 saturated heterocycles. The number of rotatable bonds is 4. The lowest BCUT2D eigenvalue weighted by Crippen LogP contribution is -2.21. The Balaban J connectivity index is 1.86. The highest BCUT2D eigenvalue weighted by Crippen LogP contribution is 2.35. The van der Waals surface area contributed by atoms with Gasteiger partial charge in [-0.2, -0.15) is 0 Å². The standard InChI is InChI=1S/C17H27N3O/c1-3-9-18-17-14-11-21-10-8-15(14)19-16(20-17)13-6-4-12(2)5-7-13/h12-13H,3-11H2,1-2H3,(H,18,19,20). The van der Waals surface area contributed by atoms with Gasteiger partial charge in [0.1, 0.15) is 11.6 Å². The first kappa shape index (κ1) is 14.8. The van der Waals surface area contributed by atoms with E-state index in [1.165, 1.54) is 36.9 Å². The lowest BCUT2D eigenvalue weighted by Gasteiger charge is -2.27. The summed E-state index contributed by atoms with van der Waals surface area (Å²) in [7, 11) is 0. The van der Waals surface area contributed by atoms with Gasteiger partial charge in [-0.3, -0.25) is 0 Å². The summed E-state index contributed by atoms with van der Waals surface area (Å²) in [4.78, 5) is 9.77. The van der Waals surface area contributed by atoms with E-state index in [4.69, 9.17) is 14.7 Å². The predicted octanol–water partition coefficient (Wildman–Crippen LogP) is 3.66. The van der Waals surface area contributed by atoms with Crippen LogP contribution in [0.5, 0.6) is 0 Å². The minimum atomic E-state index is 0.552. The van der Waals surface area contributed by atoms with Crippen molar-refractivity contribution in [3.05, 3.63) is 17.1 Å². The molecule has 0 aromatic carbocycles. The molecule has 0 spiro atoms. The van der Waals surface area contributed by atoms with E-state index in [1.807, 2.05) is 0 Å². The van der Waals surface area contributed by atoms with Crippen molar-refractivity contribution < 1.29 is 4.74 Å². The van der Waals surface area contributed by atoms with E-state index in [0.717, 1.165) is 43.6 Å². The fourth-order valence-corrected chi connectivity index (χ4v) is 3.34. The third kappa shape index (κ3) is 3.37. The average molecular weight is 289 g/mol. The molecule has 21 heavy (non-hydrogen) atoms. The maximum absolute atomic E-state index is 5.60. The van der Waals surface area contributed by atoms with Crippen molar-refractivity contribution in [3.8, 4) is 0 Å². The minimum absolute atomic E-state index is 0.552. The van der Waals surface area contributed by atoms with Crippen LogP contribution in [-0.2, 0) is 17.8 Å². The number of hydrogen-bond donors (Lipinski definition) is 1. The largest absolute Gasteiger partial charge is 0.376 e. The molecular formula is C17H27N3O. The molecule has 1 aromatic rings.